The second kappa shape index (κ2) is 7.26. The molecule has 2 rings (SSSR count). The van der Waals surface area contributed by atoms with E-state index < -0.39 is 0 Å². The highest BCUT2D eigenvalue weighted by molar-refractivity contribution is 5.82. The molecule has 1 aromatic rings. The molecule has 1 aromatic carbocycles. The molecule has 0 bridgehead atoms. The van der Waals surface area contributed by atoms with Gasteiger partial charge in [0.1, 0.15) is 17.9 Å². The highest BCUT2D eigenvalue weighted by atomic mass is 16.5. The van der Waals surface area contributed by atoms with Crippen LogP contribution in [-0.2, 0) is 9.53 Å². The fraction of sp³-hybridized carbons (Fsp3) is 0.533. The van der Waals surface area contributed by atoms with E-state index in [1.165, 1.54) is 5.56 Å². The molecule has 0 radical (unpaired) electrons. The molecule has 1 amide bonds. The van der Waals surface area contributed by atoms with Crippen LogP contribution >= 0.6 is 0 Å². The molecule has 1 aliphatic heterocycles. The minimum Gasteiger partial charge on any atom is -0.489 e. The van der Waals surface area contributed by atoms with Gasteiger partial charge in [0, 0.05) is 6.54 Å². The van der Waals surface area contributed by atoms with Gasteiger partial charge < -0.3 is 20.1 Å². The van der Waals surface area contributed by atoms with Crippen molar-refractivity contribution in [1.29, 1.82) is 0 Å². The molecule has 2 N–H and O–H groups in total. The summed E-state index contributed by atoms with van der Waals surface area (Å²) in [7, 11) is 0. The van der Waals surface area contributed by atoms with Gasteiger partial charge in [-0.05, 0) is 26.0 Å². The molecule has 1 saturated heterocycles. The molecular weight excluding hydrogens is 256 g/mol. The van der Waals surface area contributed by atoms with Crippen molar-refractivity contribution >= 4 is 5.91 Å². The maximum atomic E-state index is 11.9. The third-order valence-corrected chi connectivity index (χ3v) is 3.16. The summed E-state index contributed by atoms with van der Waals surface area (Å²) in [6.07, 6.45) is -0.0776. The number of hydrogen-bond acceptors (Lipinski definition) is 4. The van der Waals surface area contributed by atoms with Crippen LogP contribution in [0.4, 0.5) is 0 Å². The number of hydrogen-bond donors (Lipinski definition) is 2. The van der Waals surface area contributed by atoms with Crippen LogP contribution in [-0.4, -0.2) is 44.4 Å². The zero-order valence-corrected chi connectivity index (χ0v) is 12.0. The first-order valence-corrected chi connectivity index (χ1v) is 6.97. The fourth-order valence-corrected chi connectivity index (χ4v) is 1.99. The van der Waals surface area contributed by atoms with Crippen LogP contribution in [0.15, 0.2) is 24.3 Å². The van der Waals surface area contributed by atoms with Gasteiger partial charge in [-0.25, -0.2) is 0 Å². The van der Waals surface area contributed by atoms with E-state index in [9.17, 15) is 4.79 Å². The Morgan fingerprint density at radius 1 is 1.50 bits per heavy atom. The lowest BCUT2D eigenvalue weighted by atomic mass is 10.2. The van der Waals surface area contributed by atoms with Crippen LogP contribution in [0, 0.1) is 6.92 Å². The average Bonchev–Trinajstić information content (AvgIpc) is 2.48. The molecular formula is C15H22N2O3. The molecule has 1 aliphatic rings. The first-order valence-electron chi connectivity index (χ1n) is 6.97. The van der Waals surface area contributed by atoms with Gasteiger partial charge in [0.25, 0.3) is 0 Å². The molecule has 0 aliphatic carbocycles. The Morgan fingerprint density at radius 2 is 2.25 bits per heavy atom. The smallest absolute Gasteiger partial charge is 0.239 e. The van der Waals surface area contributed by atoms with Crippen LogP contribution in [0.5, 0.6) is 5.75 Å². The van der Waals surface area contributed by atoms with Gasteiger partial charge in [-0.1, -0.05) is 17.7 Å². The fourth-order valence-electron chi connectivity index (χ4n) is 1.99. The van der Waals surface area contributed by atoms with Crippen LogP contribution in [0.2, 0.25) is 0 Å². The Balaban J connectivity index is 1.72. The van der Waals surface area contributed by atoms with Gasteiger partial charge in [0.2, 0.25) is 5.91 Å². The van der Waals surface area contributed by atoms with Gasteiger partial charge in [-0.2, -0.15) is 0 Å². The minimum atomic E-state index is -0.254. The summed E-state index contributed by atoms with van der Waals surface area (Å²) >= 11 is 0. The number of ether oxygens (including phenoxy) is 2. The molecule has 0 aromatic heterocycles. The maximum Gasteiger partial charge on any atom is 0.239 e. The van der Waals surface area contributed by atoms with Crippen molar-refractivity contribution in [3.8, 4) is 5.75 Å². The Kier molecular flexibility index (Phi) is 5.38. The molecule has 5 nitrogen and oxygen atoms in total. The number of carbonyl (C=O) groups is 1. The zero-order valence-electron chi connectivity index (χ0n) is 12.0. The first kappa shape index (κ1) is 14.8. The second-order valence-corrected chi connectivity index (χ2v) is 5.07. The van der Waals surface area contributed by atoms with Crippen LogP contribution < -0.4 is 15.4 Å². The largest absolute Gasteiger partial charge is 0.489 e. The van der Waals surface area contributed by atoms with Crippen LogP contribution in [0.3, 0.4) is 0 Å². The summed E-state index contributed by atoms with van der Waals surface area (Å²) in [5.41, 5.74) is 1.20. The van der Waals surface area contributed by atoms with E-state index >= 15 is 0 Å². The molecule has 2 atom stereocenters. The van der Waals surface area contributed by atoms with E-state index in [1.807, 2.05) is 38.1 Å². The molecule has 20 heavy (non-hydrogen) atoms. The van der Waals surface area contributed by atoms with Gasteiger partial charge in [-0.3, -0.25) is 4.79 Å². The minimum absolute atomic E-state index is 0.0379. The van der Waals surface area contributed by atoms with Gasteiger partial charge >= 0.3 is 0 Å². The summed E-state index contributed by atoms with van der Waals surface area (Å²) in [5.74, 6) is 0.778. The Hall–Kier alpha value is -1.59. The van der Waals surface area contributed by atoms with Crippen LogP contribution in [0.25, 0.3) is 0 Å². The van der Waals surface area contributed by atoms with Gasteiger partial charge in [-0.15, -0.1) is 0 Å². The summed E-state index contributed by atoms with van der Waals surface area (Å²) < 4.78 is 11.0. The van der Waals surface area contributed by atoms with Crippen molar-refractivity contribution in [1.82, 2.24) is 10.6 Å². The van der Waals surface area contributed by atoms with E-state index in [-0.39, 0.29) is 18.1 Å². The summed E-state index contributed by atoms with van der Waals surface area (Å²) in [5, 5.41) is 6.00. The number of amides is 1. The highest BCUT2D eigenvalue weighted by Gasteiger charge is 2.21. The van der Waals surface area contributed by atoms with Crippen molar-refractivity contribution in [3.05, 3.63) is 29.8 Å². The lowest BCUT2D eigenvalue weighted by Gasteiger charge is -2.24. The standard InChI is InChI=1S/C15H22N2O3/c1-11-3-5-13(6-4-11)20-12(2)9-17-15(18)14-10-19-8-7-16-14/h3-6,12,14,16H,7-10H2,1-2H3,(H,17,18). The maximum absolute atomic E-state index is 11.9. The van der Waals surface area contributed by atoms with Gasteiger partial charge in [0.15, 0.2) is 0 Å². The second-order valence-electron chi connectivity index (χ2n) is 5.07. The Morgan fingerprint density at radius 3 is 2.90 bits per heavy atom. The number of benzene rings is 1. The topological polar surface area (TPSA) is 59.6 Å². The van der Waals surface area contributed by atoms with Crippen LogP contribution in [0.1, 0.15) is 12.5 Å². The summed E-state index contributed by atoms with van der Waals surface area (Å²) in [4.78, 5) is 11.9. The number of morpholine rings is 1. The molecule has 1 fully saturated rings. The van der Waals surface area contributed by atoms with Crippen molar-refractivity contribution < 1.29 is 14.3 Å². The molecule has 2 unspecified atom stereocenters. The van der Waals surface area contributed by atoms with Crippen molar-refractivity contribution in [3.63, 3.8) is 0 Å². The molecule has 0 saturated carbocycles. The average molecular weight is 278 g/mol. The van der Waals surface area contributed by atoms with Crippen molar-refractivity contribution in [2.24, 2.45) is 0 Å². The Labute approximate surface area is 119 Å². The summed E-state index contributed by atoms with van der Waals surface area (Å²) in [6, 6.07) is 7.62. The Bertz CT molecular complexity index is 427. The molecule has 0 spiro atoms. The van der Waals surface area contributed by atoms with E-state index in [0.717, 1.165) is 5.75 Å². The SMILES string of the molecule is Cc1ccc(OC(C)CNC(=O)C2COCCN2)cc1. The van der Waals surface area contributed by atoms with E-state index in [2.05, 4.69) is 10.6 Å². The third kappa shape index (κ3) is 4.51. The first-order chi connectivity index (χ1) is 9.65. The predicted octanol–water partition coefficient (Wildman–Crippen LogP) is 0.867. The number of aryl methyl sites for hydroxylation is 1. The lowest BCUT2D eigenvalue weighted by Crippen LogP contribution is -2.52. The zero-order chi connectivity index (χ0) is 14.4. The summed E-state index contributed by atoms with van der Waals surface area (Å²) in [6.45, 7) is 6.26. The normalized spacial score (nSPS) is 20.2. The molecule has 5 heteroatoms. The number of rotatable bonds is 5. The monoisotopic (exact) mass is 278 g/mol. The van der Waals surface area contributed by atoms with Crippen molar-refractivity contribution in [2.45, 2.75) is 26.0 Å². The third-order valence-electron chi connectivity index (χ3n) is 3.16. The predicted molar refractivity (Wildman–Crippen MR) is 76.9 cm³/mol. The quantitative estimate of drug-likeness (QED) is 0.839. The van der Waals surface area contributed by atoms with E-state index in [1.54, 1.807) is 0 Å². The number of carbonyl (C=O) groups excluding carboxylic acids is 1. The molecule has 110 valence electrons. The lowest BCUT2D eigenvalue weighted by molar-refractivity contribution is -0.126. The number of nitrogens with one attached hydrogen (secondary N) is 2. The van der Waals surface area contributed by atoms with E-state index in [0.29, 0.717) is 26.3 Å². The van der Waals surface area contributed by atoms with Gasteiger partial charge in [0.05, 0.1) is 19.8 Å². The van der Waals surface area contributed by atoms with Crippen molar-refractivity contribution in [2.75, 3.05) is 26.3 Å². The highest BCUT2D eigenvalue weighted by Crippen LogP contribution is 2.12. The van der Waals surface area contributed by atoms with E-state index in [4.69, 9.17) is 9.47 Å². The molecule has 1 heterocycles.